The van der Waals surface area contributed by atoms with Crippen molar-refractivity contribution in [3.63, 3.8) is 0 Å². The van der Waals surface area contributed by atoms with Crippen molar-refractivity contribution in [1.29, 1.82) is 0 Å². The van der Waals surface area contributed by atoms with E-state index in [0.717, 1.165) is 32.2 Å². The van der Waals surface area contributed by atoms with Crippen LogP contribution < -0.4 is 0 Å². The highest BCUT2D eigenvalue weighted by molar-refractivity contribution is 9.10. The molecule has 0 saturated carbocycles. The molecule has 4 nitrogen and oxygen atoms in total. The van der Waals surface area contributed by atoms with Gasteiger partial charge in [-0.05, 0) is 30.3 Å². The van der Waals surface area contributed by atoms with Crippen molar-refractivity contribution in [2.24, 2.45) is 0 Å². The Morgan fingerprint density at radius 2 is 2.00 bits per heavy atom. The number of hydrogen-bond donors (Lipinski definition) is 0. The van der Waals surface area contributed by atoms with Crippen molar-refractivity contribution < 1.29 is 0 Å². The summed E-state index contributed by atoms with van der Waals surface area (Å²) in [5, 5.41) is 9.54. The Kier molecular flexibility index (Phi) is 1.93. The number of fused-ring (bicyclic) bond motifs is 5. The number of rotatable bonds is 0. The van der Waals surface area contributed by atoms with Gasteiger partial charge >= 0.3 is 0 Å². The van der Waals surface area contributed by atoms with Gasteiger partial charge in [0.15, 0.2) is 5.65 Å². The summed E-state index contributed by atoms with van der Waals surface area (Å²) in [6.07, 6.45) is 1.95. The summed E-state index contributed by atoms with van der Waals surface area (Å²) in [5.74, 6) is 0. The largest absolute Gasteiger partial charge is 0.283 e. The van der Waals surface area contributed by atoms with Crippen molar-refractivity contribution in [2.75, 3.05) is 0 Å². The number of pyridine rings is 1. The molecule has 0 saturated heterocycles. The predicted molar refractivity (Wildman–Crippen MR) is 73.5 cm³/mol. The summed E-state index contributed by atoms with van der Waals surface area (Å²) in [6.45, 7) is 0. The summed E-state index contributed by atoms with van der Waals surface area (Å²) in [7, 11) is 0. The van der Waals surface area contributed by atoms with Gasteiger partial charge in [0.2, 0.25) is 0 Å². The second-order valence-electron chi connectivity index (χ2n) is 4.07. The molecule has 3 aromatic heterocycles. The first kappa shape index (κ1) is 9.96. The van der Waals surface area contributed by atoms with E-state index in [1.807, 2.05) is 47.0 Å². The highest BCUT2D eigenvalue weighted by atomic mass is 79.9. The Morgan fingerprint density at radius 1 is 1.06 bits per heavy atom. The lowest BCUT2D eigenvalue weighted by Gasteiger charge is -1.97. The molecule has 0 fully saturated rings. The van der Waals surface area contributed by atoms with Crippen LogP contribution in [0.15, 0.2) is 47.1 Å². The monoisotopic (exact) mass is 298 g/mol. The van der Waals surface area contributed by atoms with Crippen molar-refractivity contribution in [3.05, 3.63) is 47.1 Å². The lowest BCUT2D eigenvalue weighted by Crippen LogP contribution is -1.89. The Morgan fingerprint density at radius 3 is 2.94 bits per heavy atom. The molecule has 0 amide bonds. The Labute approximate surface area is 110 Å². The quantitative estimate of drug-likeness (QED) is 0.501. The third-order valence-electron chi connectivity index (χ3n) is 2.97. The maximum atomic E-state index is 4.62. The van der Waals surface area contributed by atoms with Crippen molar-refractivity contribution in [2.45, 2.75) is 0 Å². The molecule has 86 valence electrons. The molecule has 0 aliphatic heterocycles. The summed E-state index contributed by atoms with van der Waals surface area (Å²) in [4.78, 5) is 4.62. The molecule has 0 radical (unpaired) electrons. The van der Waals surface area contributed by atoms with E-state index < -0.39 is 0 Å². The van der Waals surface area contributed by atoms with Crippen LogP contribution in [0.25, 0.3) is 27.7 Å². The van der Waals surface area contributed by atoms with E-state index in [1.54, 1.807) is 0 Å². The SMILES string of the molecule is Brc1ccc2c(c1)nnc1c2nc2ccccn21. The van der Waals surface area contributed by atoms with E-state index in [0.29, 0.717) is 0 Å². The minimum Gasteiger partial charge on any atom is -0.283 e. The number of hydrogen-bond acceptors (Lipinski definition) is 3. The van der Waals surface area contributed by atoms with E-state index in [1.165, 1.54) is 0 Å². The fraction of sp³-hybridized carbons (Fsp3) is 0. The van der Waals surface area contributed by atoms with Crippen LogP contribution in [0.4, 0.5) is 0 Å². The summed E-state index contributed by atoms with van der Waals surface area (Å²) in [6, 6.07) is 11.9. The third kappa shape index (κ3) is 1.28. The Hall–Kier alpha value is -2.01. The molecular weight excluding hydrogens is 292 g/mol. The lowest BCUT2D eigenvalue weighted by molar-refractivity contribution is 1.07. The number of aromatic nitrogens is 4. The maximum absolute atomic E-state index is 4.62. The van der Waals surface area contributed by atoms with Crippen LogP contribution in [0.1, 0.15) is 0 Å². The fourth-order valence-corrected chi connectivity index (χ4v) is 2.50. The van der Waals surface area contributed by atoms with Crippen LogP contribution in [0, 0.1) is 0 Å². The van der Waals surface area contributed by atoms with E-state index in [9.17, 15) is 0 Å². The first-order chi connectivity index (χ1) is 8.83. The minimum atomic E-state index is 0.792. The van der Waals surface area contributed by atoms with E-state index in [2.05, 4.69) is 31.1 Å². The van der Waals surface area contributed by atoms with Gasteiger partial charge in [0.25, 0.3) is 0 Å². The minimum absolute atomic E-state index is 0.792. The van der Waals surface area contributed by atoms with Crippen LogP contribution in [0.5, 0.6) is 0 Å². The molecule has 18 heavy (non-hydrogen) atoms. The molecule has 0 unspecified atom stereocenters. The number of nitrogens with zero attached hydrogens (tertiary/aromatic N) is 4. The van der Waals surface area contributed by atoms with E-state index in [-0.39, 0.29) is 0 Å². The average molecular weight is 299 g/mol. The molecular formula is C13H7BrN4. The number of halogens is 1. The van der Waals surface area contributed by atoms with Gasteiger partial charge in [-0.25, -0.2) is 4.98 Å². The predicted octanol–water partition coefficient (Wildman–Crippen LogP) is 3.19. The zero-order chi connectivity index (χ0) is 12.1. The summed E-state index contributed by atoms with van der Waals surface area (Å²) >= 11 is 3.44. The second-order valence-corrected chi connectivity index (χ2v) is 4.99. The highest BCUT2D eigenvalue weighted by Crippen LogP contribution is 2.24. The smallest absolute Gasteiger partial charge is 0.187 e. The molecule has 0 spiro atoms. The van der Waals surface area contributed by atoms with Gasteiger partial charge in [-0.1, -0.05) is 22.0 Å². The summed E-state index contributed by atoms with van der Waals surface area (Å²) in [5.41, 5.74) is 3.41. The zero-order valence-electron chi connectivity index (χ0n) is 9.21. The topological polar surface area (TPSA) is 43.1 Å². The van der Waals surface area contributed by atoms with Crippen LogP contribution in [-0.4, -0.2) is 19.6 Å². The number of imidazole rings is 1. The summed E-state index contributed by atoms with van der Waals surface area (Å²) < 4.78 is 2.94. The van der Waals surface area contributed by atoms with Crippen molar-refractivity contribution in [3.8, 4) is 0 Å². The standard InChI is InChI=1S/C13H7BrN4/c14-8-4-5-9-10(7-8)16-17-13-12(9)15-11-3-1-2-6-18(11)13/h1-7H. The van der Waals surface area contributed by atoms with Gasteiger partial charge in [-0.2, -0.15) is 0 Å². The first-order valence-electron chi connectivity index (χ1n) is 5.52. The van der Waals surface area contributed by atoms with E-state index >= 15 is 0 Å². The van der Waals surface area contributed by atoms with Gasteiger partial charge in [0.1, 0.15) is 11.2 Å². The van der Waals surface area contributed by atoms with Gasteiger partial charge in [-0.15, -0.1) is 10.2 Å². The molecule has 0 aliphatic rings. The molecule has 0 aliphatic carbocycles. The molecule has 0 bridgehead atoms. The Bertz CT molecular complexity index is 897. The highest BCUT2D eigenvalue weighted by Gasteiger charge is 2.10. The van der Waals surface area contributed by atoms with Gasteiger partial charge < -0.3 is 0 Å². The Balaban J connectivity index is 2.28. The van der Waals surface area contributed by atoms with Gasteiger partial charge in [-0.3, -0.25) is 4.40 Å². The van der Waals surface area contributed by atoms with Crippen molar-refractivity contribution >= 4 is 43.6 Å². The molecule has 4 rings (SSSR count). The van der Waals surface area contributed by atoms with Crippen molar-refractivity contribution in [1.82, 2.24) is 19.6 Å². The average Bonchev–Trinajstić information content (AvgIpc) is 2.77. The first-order valence-corrected chi connectivity index (χ1v) is 6.31. The van der Waals surface area contributed by atoms with Gasteiger partial charge in [0, 0.05) is 16.1 Å². The van der Waals surface area contributed by atoms with Crippen LogP contribution in [-0.2, 0) is 0 Å². The molecule has 0 N–H and O–H groups in total. The molecule has 1 aromatic carbocycles. The second kappa shape index (κ2) is 3.49. The maximum Gasteiger partial charge on any atom is 0.187 e. The molecule has 0 atom stereocenters. The molecule has 3 heterocycles. The number of benzene rings is 1. The van der Waals surface area contributed by atoms with Gasteiger partial charge in [0.05, 0.1) is 5.52 Å². The zero-order valence-corrected chi connectivity index (χ0v) is 10.8. The fourth-order valence-electron chi connectivity index (χ4n) is 2.15. The van der Waals surface area contributed by atoms with Crippen LogP contribution in [0.3, 0.4) is 0 Å². The molecule has 4 aromatic rings. The third-order valence-corrected chi connectivity index (χ3v) is 3.47. The van der Waals surface area contributed by atoms with E-state index in [4.69, 9.17) is 0 Å². The molecule has 5 heteroatoms. The van der Waals surface area contributed by atoms with Crippen LogP contribution in [0.2, 0.25) is 0 Å². The normalized spacial score (nSPS) is 11.6. The van der Waals surface area contributed by atoms with Crippen LogP contribution >= 0.6 is 15.9 Å². The lowest BCUT2D eigenvalue weighted by atomic mass is 10.2.